The van der Waals surface area contributed by atoms with Crippen LogP contribution in [0.1, 0.15) is 25.6 Å². The van der Waals surface area contributed by atoms with Crippen molar-refractivity contribution in [1.82, 2.24) is 15.0 Å². The van der Waals surface area contributed by atoms with E-state index in [1.54, 1.807) is 6.07 Å². The maximum absolute atomic E-state index is 5.92. The summed E-state index contributed by atoms with van der Waals surface area (Å²) in [6.45, 7) is 2.80. The highest BCUT2D eigenvalue weighted by Crippen LogP contribution is 2.35. The summed E-state index contributed by atoms with van der Waals surface area (Å²) in [6.07, 6.45) is 2.00. The Morgan fingerprint density at radius 2 is 2.24 bits per heavy atom. The van der Waals surface area contributed by atoms with Crippen molar-refractivity contribution in [3.8, 4) is 0 Å². The zero-order chi connectivity index (χ0) is 12.0. The topological polar surface area (TPSA) is 50.8 Å². The van der Waals surface area contributed by atoms with Gasteiger partial charge in [-0.15, -0.1) is 0 Å². The number of nitrogens with zero attached hydrogens (tertiary/aromatic N) is 2. The maximum Gasteiger partial charge on any atom is 0.179 e. The van der Waals surface area contributed by atoms with E-state index in [0.717, 1.165) is 30.8 Å². The van der Waals surface area contributed by atoms with Crippen molar-refractivity contribution < 1.29 is 4.74 Å². The van der Waals surface area contributed by atoms with Crippen molar-refractivity contribution in [3.05, 3.63) is 22.1 Å². The van der Waals surface area contributed by atoms with Crippen LogP contribution in [0.2, 0.25) is 10.2 Å². The number of ether oxygens (including phenoxy) is 1. The SMILES string of the molecule is CC1(c2nc3nc(Cl)c(Cl)cc3[nH]2)CCCO1. The molecule has 1 N–H and O–H groups in total. The first kappa shape index (κ1) is 11.3. The number of aromatic amines is 1. The average molecular weight is 272 g/mol. The molecule has 3 heterocycles. The summed E-state index contributed by atoms with van der Waals surface area (Å²) >= 11 is 11.8. The lowest BCUT2D eigenvalue weighted by molar-refractivity contribution is 0.0103. The minimum Gasteiger partial charge on any atom is -0.367 e. The second kappa shape index (κ2) is 3.83. The van der Waals surface area contributed by atoms with Gasteiger partial charge in [-0.1, -0.05) is 23.2 Å². The van der Waals surface area contributed by atoms with Crippen LogP contribution in [0.25, 0.3) is 11.2 Å². The molecule has 2 aromatic heterocycles. The van der Waals surface area contributed by atoms with E-state index in [4.69, 9.17) is 27.9 Å². The summed E-state index contributed by atoms with van der Waals surface area (Å²) in [5.41, 5.74) is 1.01. The minimum atomic E-state index is -0.348. The lowest BCUT2D eigenvalue weighted by atomic mass is 10.0. The lowest BCUT2D eigenvalue weighted by Gasteiger charge is -2.19. The van der Waals surface area contributed by atoms with Crippen molar-refractivity contribution >= 4 is 34.4 Å². The van der Waals surface area contributed by atoms with E-state index in [2.05, 4.69) is 15.0 Å². The van der Waals surface area contributed by atoms with E-state index in [-0.39, 0.29) is 10.8 Å². The molecule has 0 saturated carbocycles. The summed E-state index contributed by atoms with van der Waals surface area (Å²) in [4.78, 5) is 11.8. The molecule has 2 aromatic rings. The minimum absolute atomic E-state index is 0.273. The van der Waals surface area contributed by atoms with Gasteiger partial charge in [-0.2, -0.15) is 0 Å². The molecule has 4 nitrogen and oxygen atoms in total. The molecule has 0 aliphatic carbocycles. The molecule has 3 rings (SSSR count). The molecule has 6 heteroatoms. The standard InChI is InChI=1S/C11H11Cl2N3O/c1-11(3-2-4-17-11)10-14-7-5-6(12)8(13)15-9(7)16-10/h5H,2-4H2,1H3,(H,14,15,16). The number of hydrogen-bond acceptors (Lipinski definition) is 3. The van der Waals surface area contributed by atoms with Crippen molar-refractivity contribution in [2.75, 3.05) is 6.61 Å². The number of nitrogens with one attached hydrogen (secondary N) is 1. The Hall–Kier alpha value is -0.840. The van der Waals surface area contributed by atoms with E-state index in [9.17, 15) is 0 Å². The number of H-pyrrole nitrogens is 1. The number of fused-ring (bicyclic) bond motifs is 1. The second-order valence-corrected chi connectivity index (χ2v) is 5.17. The normalized spacial score (nSPS) is 24.6. The van der Waals surface area contributed by atoms with Crippen LogP contribution in [0.5, 0.6) is 0 Å². The molecule has 17 heavy (non-hydrogen) atoms. The summed E-state index contributed by atoms with van der Waals surface area (Å²) in [5.74, 6) is 0.788. The van der Waals surface area contributed by atoms with Crippen LogP contribution in [0, 0.1) is 0 Å². The number of imidazole rings is 1. The number of halogens is 2. The van der Waals surface area contributed by atoms with E-state index in [1.807, 2.05) is 6.92 Å². The van der Waals surface area contributed by atoms with Crippen LogP contribution in [-0.2, 0) is 10.3 Å². The van der Waals surface area contributed by atoms with Crippen LogP contribution in [0.3, 0.4) is 0 Å². The predicted molar refractivity (Wildman–Crippen MR) is 66.4 cm³/mol. The van der Waals surface area contributed by atoms with Gasteiger partial charge in [0.05, 0.1) is 10.5 Å². The van der Waals surface area contributed by atoms with Gasteiger partial charge in [-0.25, -0.2) is 9.97 Å². The van der Waals surface area contributed by atoms with Gasteiger partial charge < -0.3 is 9.72 Å². The van der Waals surface area contributed by atoms with E-state index >= 15 is 0 Å². The number of hydrogen-bond donors (Lipinski definition) is 1. The van der Waals surface area contributed by atoms with Crippen LogP contribution in [0.15, 0.2) is 6.07 Å². The Morgan fingerprint density at radius 1 is 1.41 bits per heavy atom. The fraction of sp³-hybridized carbons (Fsp3) is 0.455. The quantitative estimate of drug-likeness (QED) is 0.810. The van der Waals surface area contributed by atoms with Crippen molar-refractivity contribution in [3.63, 3.8) is 0 Å². The molecule has 1 saturated heterocycles. The van der Waals surface area contributed by atoms with E-state index in [0.29, 0.717) is 10.7 Å². The summed E-state index contributed by atoms with van der Waals surface area (Å²) in [7, 11) is 0. The van der Waals surface area contributed by atoms with Gasteiger partial charge in [0.25, 0.3) is 0 Å². The Kier molecular flexibility index (Phi) is 2.54. The highest BCUT2D eigenvalue weighted by molar-refractivity contribution is 6.41. The zero-order valence-corrected chi connectivity index (χ0v) is 10.8. The van der Waals surface area contributed by atoms with Gasteiger partial charge in [0, 0.05) is 6.61 Å². The molecule has 0 aromatic carbocycles. The number of pyridine rings is 1. The molecule has 90 valence electrons. The van der Waals surface area contributed by atoms with Gasteiger partial charge in [0.2, 0.25) is 0 Å². The first-order valence-corrected chi connectivity index (χ1v) is 6.20. The molecule has 1 unspecified atom stereocenters. The molecule has 1 aliphatic rings. The van der Waals surface area contributed by atoms with Gasteiger partial charge >= 0.3 is 0 Å². The molecule has 1 aliphatic heterocycles. The van der Waals surface area contributed by atoms with Crippen LogP contribution in [0.4, 0.5) is 0 Å². The van der Waals surface area contributed by atoms with Crippen LogP contribution in [-0.4, -0.2) is 21.6 Å². The van der Waals surface area contributed by atoms with Crippen molar-refractivity contribution in [2.45, 2.75) is 25.4 Å². The van der Waals surface area contributed by atoms with Crippen LogP contribution < -0.4 is 0 Å². The first-order valence-electron chi connectivity index (χ1n) is 5.45. The molecule has 0 bridgehead atoms. The number of rotatable bonds is 1. The van der Waals surface area contributed by atoms with Crippen LogP contribution >= 0.6 is 23.2 Å². The third-order valence-electron chi connectivity index (χ3n) is 3.10. The Labute approximate surface area is 108 Å². The average Bonchev–Trinajstić information content (AvgIpc) is 2.87. The Balaban J connectivity index is 2.13. The smallest absolute Gasteiger partial charge is 0.179 e. The Bertz CT molecular complexity index is 536. The molecular formula is C11H11Cl2N3O. The fourth-order valence-corrected chi connectivity index (χ4v) is 2.40. The number of aromatic nitrogens is 3. The molecule has 0 spiro atoms. The maximum atomic E-state index is 5.92. The first-order chi connectivity index (χ1) is 8.08. The third-order valence-corrected chi connectivity index (χ3v) is 3.78. The largest absolute Gasteiger partial charge is 0.367 e. The van der Waals surface area contributed by atoms with Gasteiger partial charge in [-0.05, 0) is 25.8 Å². The molecule has 1 fully saturated rings. The van der Waals surface area contributed by atoms with Crippen molar-refractivity contribution in [1.29, 1.82) is 0 Å². The molecule has 0 amide bonds. The highest BCUT2D eigenvalue weighted by Gasteiger charge is 2.35. The van der Waals surface area contributed by atoms with Crippen molar-refractivity contribution in [2.24, 2.45) is 0 Å². The monoisotopic (exact) mass is 271 g/mol. The van der Waals surface area contributed by atoms with Gasteiger partial charge in [0.15, 0.2) is 5.65 Å². The van der Waals surface area contributed by atoms with E-state index < -0.39 is 0 Å². The second-order valence-electron chi connectivity index (χ2n) is 4.40. The summed E-state index contributed by atoms with van der Waals surface area (Å²) in [6, 6.07) is 1.74. The molecule has 0 radical (unpaired) electrons. The zero-order valence-electron chi connectivity index (χ0n) is 9.26. The summed E-state index contributed by atoms with van der Waals surface area (Å²) in [5, 5.41) is 0.696. The van der Waals surface area contributed by atoms with E-state index in [1.165, 1.54) is 0 Å². The predicted octanol–water partition coefficient (Wildman–Crippen LogP) is 3.29. The molecule has 1 atom stereocenters. The highest BCUT2D eigenvalue weighted by atomic mass is 35.5. The van der Waals surface area contributed by atoms with Gasteiger partial charge in [-0.3, -0.25) is 0 Å². The van der Waals surface area contributed by atoms with Gasteiger partial charge in [0.1, 0.15) is 16.6 Å². The Morgan fingerprint density at radius 3 is 2.94 bits per heavy atom. The third kappa shape index (κ3) is 1.80. The fourth-order valence-electron chi connectivity index (χ4n) is 2.11. The lowest BCUT2D eigenvalue weighted by Crippen LogP contribution is -2.21. The molecular weight excluding hydrogens is 261 g/mol. The summed E-state index contributed by atoms with van der Waals surface area (Å²) < 4.78 is 5.73.